The van der Waals surface area contributed by atoms with E-state index in [1.807, 2.05) is 40.9 Å². The predicted molar refractivity (Wildman–Crippen MR) is 79.7 cm³/mol. The van der Waals surface area contributed by atoms with Crippen molar-refractivity contribution in [3.8, 4) is 11.4 Å². The summed E-state index contributed by atoms with van der Waals surface area (Å²) in [5.74, 6) is -0.527. The summed E-state index contributed by atoms with van der Waals surface area (Å²) in [4.78, 5) is 15.1. The van der Waals surface area contributed by atoms with Gasteiger partial charge in [-0.3, -0.25) is 4.40 Å². The van der Waals surface area contributed by atoms with Crippen molar-refractivity contribution in [2.75, 3.05) is 0 Å². The van der Waals surface area contributed by atoms with Crippen molar-refractivity contribution in [3.05, 3.63) is 65.5 Å². The van der Waals surface area contributed by atoms with E-state index in [2.05, 4.69) is 4.98 Å². The highest BCUT2D eigenvalue weighted by molar-refractivity contribution is 6.30. The molecule has 0 atom stereocenters. The fourth-order valence-electron chi connectivity index (χ4n) is 2.13. The van der Waals surface area contributed by atoms with Gasteiger partial charge in [-0.15, -0.1) is 0 Å². The van der Waals surface area contributed by atoms with Crippen molar-refractivity contribution in [2.24, 2.45) is 0 Å². The molecule has 0 fully saturated rings. The summed E-state index contributed by atoms with van der Waals surface area (Å²) in [6.45, 7) is 0. The quantitative estimate of drug-likeness (QED) is 0.698. The van der Waals surface area contributed by atoms with Gasteiger partial charge in [0, 0.05) is 16.8 Å². The molecule has 0 aliphatic rings. The molecule has 0 saturated heterocycles. The van der Waals surface area contributed by atoms with Crippen molar-refractivity contribution in [1.29, 1.82) is 0 Å². The number of aliphatic carboxylic acids is 1. The van der Waals surface area contributed by atoms with Gasteiger partial charge in [0.2, 0.25) is 0 Å². The third-order valence-electron chi connectivity index (χ3n) is 3.06. The average Bonchev–Trinajstić information content (AvgIpc) is 2.85. The molecule has 3 aromatic rings. The minimum absolute atomic E-state index is 0.574. The van der Waals surface area contributed by atoms with E-state index in [4.69, 9.17) is 11.6 Å². The SMILES string of the molecule is O=C([O-])C=Cc1nc(-c2ccc(Cl)cc2)n2ccccc12. The van der Waals surface area contributed by atoms with Crippen LogP contribution >= 0.6 is 11.6 Å². The number of nitrogens with zero attached hydrogens (tertiary/aromatic N) is 2. The molecule has 0 spiro atoms. The second-order valence-corrected chi connectivity index (χ2v) is 4.87. The van der Waals surface area contributed by atoms with Gasteiger partial charge in [0.1, 0.15) is 5.82 Å². The summed E-state index contributed by atoms with van der Waals surface area (Å²) in [7, 11) is 0. The maximum atomic E-state index is 10.6. The summed E-state index contributed by atoms with van der Waals surface area (Å²) in [6.07, 6.45) is 4.29. The van der Waals surface area contributed by atoms with Gasteiger partial charge in [-0.05, 0) is 48.6 Å². The van der Waals surface area contributed by atoms with Crippen LogP contribution in [-0.2, 0) is 4.79 Å². The van der Waals surface area contributed by atoms with Gasteiger partial charge < -0.3 is 9.90 Å². The lowest BCUT2D eigenvalue weighted by Gasteiger charge is -2.00. The van der Waals surface area contributed by atoms with Gasteiger partial charge >= 0.3 is 0 Å². The number of benzene rings is 1. The van der Waals surface area contributed by atoms with Crippen LogP contribution in [0.15, 0.2) is 54.7 Å². The highest BCUT2D eigenvalue weighted by Gasteiger charge is 2.10. The van der Waals surface area contributed by atoms with Crippen LogP contribution in [0.3, 0.4) is 0 Å². The van der Waals surface area contributed by atoms with Crippen molar-refractivity contribution in [2.45, 2.75) is 0 Å². The molecule has 4 nitrogen and oxygen atoms in total. The number of fused-ring (bicyclic) bond motifs is 1. The number of halogens is 1. The monoisotopic (exact) mass is 297 g/mol. The molecule has 3 rings (SSSR count). The third-order valence-corrected chi connectivity index (χ3v) is 3.31. The Balaban J connectivity index is 2.19. The molecule has 0 saturated carbocycles. The van der Waals surface area contributed by atoms with Gasteiger partial charge in [0.05, 0.1) is 17.2 Å². The number of rotatable bonds is 3. The highest BCUT2D eigenvalue weighted by atomic mass is 35.5. The van der Waals surface area contributed by atoms with Gasteiger partial charge in [-0.1, -0.05) is 17.7 Å². The van der Waals surface area contributed by atoms with Crippen LogP contribution in [0.25, 0.3) is 23.0 Å². The van der Waals surface area contributed by atoms with Crippen molar-refractivity contribution >= 4 is 29.2 Å². The molecule has 0 aliphatic carbocycles. The Morgan fingerprint density at radius 3 is 2.67 bits per heavy atom. The van der Waals surface area contributed by atoms with Crippen LogP contribution in [0.4, 0.5) is 0 Å². The largest absolute Gasteiger partial charge is 0.545 e. The Kier molecular flexibility index (Phi) is 3.46. The van der Waals surface area contributed by atoms with Crippen molar-refractivity contribution in [3.63, 3.8) is 0 Å². The number of pyridine rings is 1. The van der Waals surface area contributed by atoms with Gasteiger partial charge in [0.25, 0.3) is 0 Å². The normalized spacial score (nSPS) is 11.3. The molecule has 0 aliphatic heterocycles. The zero-order valence-electron chi connectivity index (χ0n) is 10.9. The van der Waals surface area contributed by atoms with E-state index in [1.165, 1.54) is 6.08 Å². The summed E-state index contributed by atoms with van der Waals surface area (Å²) >= 11 is 5.90. The fourth-order valence-corrected chi connectivity index (χ4v) is 2.26. The van der Waals surface area contributed by atoms with Crippen LogP contribution in [0.2, 0.25) is 5.02 Å². The molecule has 0 amide bonds. The van der Waals surface area contributed by atoms with Crippen molar-refractivity contribution < 1.29 is 9.90 Å². The number of carboxylic acid groups (broad SMARTS) is 1. The molecular weight excluding hydrogens is 288 g/mol. The first kappa shape index (κ1) is 13.4. The van der Waals surface area contributed by atoms with E-state index in [-0.39, 0.29) is 0 Å². The van der Waals surface area contributed by atoms with E-state index < -0.39 is 5.97 Å². The zero-order chi connectivity index (χ0) is 14.8. The Labute approximate surface area is 125 Å². The standard InChI is InChI=1S/C16H11ClN2O2/c17-12-6-4-11(5-7-12)16-18-13(8-9-15(20)21)14-3-1-2-10-19(14)16/h1-10H,(H,20,21)/p-1. The Hall–Kier alpha value is -2.59. The summed E-state index contributed by atoms with van der Waals surface area (Å²) in [5, 5.41) is 11.2. The Morgan fingerprint density at radius 1 is 1.19 bits per heavy atom. The smallest absolute Gasteiger partial charge is 0.145 e. The van der Waals surface area contributed by atoms with E-state index in [0.29, 0.717) is 10.7 Å². The van der Waals surface area contributed by atoms with E-state index in [9.17, 15) is 9.90 Å². The molecule has 2 aromatic heterocycles. The number of imidazole rings is 1. The average molecular weight is 298 g/mol. The minimum atomic E-state index is -1.25. The number of carbonyl (C=O) groups is 1. The first-order valence-electron chi connectivity index (χ1n) is 6.27. The maximum Gasteiger partial charge on any atom is 0.145 e. The lowest BCUT2D eigenvalue weighted by molar-refractivity contribution is -0.297. The van der Waals surface area contributed by atoms with Gasteiger partial charge in [0.15, 0.2) is 0 Å². The molecule has 21 heavy (non-hydrogen) atoms. The fraction of sp³-hybridized carbons (Fsp3) is 0. The van der Waals surface area contributed by atoms with E-state index in [1.54, 1.807) is 12.1 Å². The van der Waals surface area contributed by atoms with E-state index >= 15 is 0 Å². The second-order valence-electron chi connectivity index (χ2n) is 4.44. The molecule has 104 valence electrons. The number of carbonyl (C=O) groups excluding carboxylic acids is 1. The van der Waals surface area contributed by atoms with Gasteiger partial charge in [-0.25, -0.2) is 4.98 Å². The molecule has 2 heterocycles. The van der Waals surface area contributed by atoms with Crippen LogP contribution in [0, 0.1) is 0 Å². The summed E-state index contributed by atoms with van der Waals surface area (Å²) < 4.78 is 1.90. The first-order chi connectivity index (χ1) is 10.1. The Bertz CT molecular complexity index is 835. The lowest BCUT2D eigenvalue weighted by atomic mass is 10.2. The van der Waals surface area contributed by atoms with Crippen LogP contribution < -0.4 is 5.11 Å². The molecule has 0 radical (unpaired) electrons. The number of hydrogen-bond acceptors (Lipinski definition) is 3. The highest BCUT2D eigenvalue weighted by Crippen LogP contribution is 2.24. The predicted octanol–water partition coefficient (Wildman–Crippen LogP) is 2.42. The molecule has 5 heteroatoms. The summed E-state index contributed by atoms with van der Waals surface area (Å²) in [5.41, 5.74) is 2.29. The number of hydrogen-bond donors (Lipinski definition) is 0. The Morgan fingerprint density at radius 2 is 1.95 bits per heavy atom. The lowest BCUT2D eigenvalue weighted by Crippen LogP contribution is -2.18. The zero-order valence-corrected chi connectivity index (χ0v) is 11.6. The molecule has 0 bridgehead atoms. The topological polar surface area (TPSA) is 57.4 Å². The molecule has 0 N–H and O–H groups in total. The third kappa shape index (κ3) is 2.66. The molecule has 0 unspecified atom stereocenters. The van der Waals surface area contributed by atoms with Gasteiger partial charge in [-0.2, -0.15) is 0 Å². The van der Waals surface area contributed by atoms with Crippen LogP contribution in [0.1, 0.15) is 5.69 Å². The molecular formula is C16H10ClN2O2-. The minimum Gasteiger partial charge on any atom is -0.545 e. The molecule has 1 aromatic carbocycles. The maximum absolute atomic E-state index is 10.6. The first-order valence-corrected chi connectivity index (χ1v) is 6.65. The van der Waals surface area contributed by atoms with Crippen LogP contribution in [-0.4, -0.2) is 15.4 Å². The number of aromatic nitrogens is 2. The number of carboxylic acids is 1. The second kappa shape index (κ2) is 5.42. The van der Waals surface area contributed by atoms with E-state index in [0.717, 1.165) is 23.0 Å². The van der Waals surface area contributed by atoms with Crippen LogP contribution in [0.5, 0.6) is 0 Å². The van der Waals surface area contributed by atoms with Crippen molar-refractivity contribution in [1.82, 2.24) is 9.38 Å². The summed E-state index contributed by atoms with van der Waals surface area (Å²) in [6, 6.07) is 13.0.